The van der Waals surface area contributed by atoms with E-state index in [-0.39, 0.29) is 11.8 Å². The number of rotatable bonds is 5. The Kier molecular flexibility index (Phi) is 5.32. The topological polar surface area (TPSA) is 85.0 Å². The van der Waals surface area contributed by atoms with Crippen LogP contribution in [-0.2, 0) is 17.9 Å². The van der Waals surface area contributed by atoms with Crippen molar-refractivity contribution in [2.45, 2.75) is 58.7 Å². The smallest absolute Gasteiger partial charge is 0.275 e. The minimum absolute atomic E-state index is 0.181. The van der Waals surface area contributed by atoms with Crippen molar-refractivity contribution in [3.8, 4) is 0 Å². The number of imidazole rings is 1. The number of fused-ring (bicyclic) bond motifs is 1. The van der Waals surface area contributed by atoms with Crippen LogP contribution in [0.25, 0.3) is 11.0 Å². The van der Waals surface area contributed by atoms with Gasteiger partial charge in [0.15, 0.2) is 0 Å². The highest BCUT2D eigenvalue weighted by atomic mass is 16.2. The molecule has 0 bridgehead atoms. The molecule has 1 saturated heterocycles. The van der Waals surface area contributed by atoms with Crippen molar-refractivity contribution >= 4 is 28.5 Å². The van der Waals surface area contributed by atoms with E-state index in [4.69, 9.17) is 0 Å². The average Bonchev–Trinajstić information content (AvgIpc) is 3.40. The van der Waals surface area contributed by atoms with E-state index in [1.165, 1.54) is 0 Å². The Balaban J connectivity index is 1.57. The van der Waals surface area contributed by atoms with E-state index in [1.807, 2.05) is 32.0 Å². The van der Waals surface area contributed by atoms with Crippen LogP contribution >= 0.6 is 0 Å². The highest BCUT2D eigenvalue weighted by molar-refractivity contribution is 6.03. The summed E-state index contributed by atoms with van der Waals surface area (Å²) in [7, 11) is 0. The van der Waals surface area contributed by atoms with Crippen molar-refractivity contribution in [3.05, 3.63) is 42.5 Å². The van der Waals surface area contributed by atoms with Gasteiger partial charge in [0.05, 0.1) is 17.4 Å². The van der Waals surface area contributed by atoms with Gasteiger partial charge in [-0.25, -0.2) is 4.98 Å². The number of hydrogen-bond acceptors (Lipinski definition) is 4. The molecule has 3 heterocycles. The zero-order chi connectivity index (χ0) is 21.3. The molecule has 1 aliphatic rings. The van der Waals surface area contributed by atoms with Gasteiger partial charge in [0, 0.05) is 31.5 Å². The fraction of sp³-hybridized carbons (Fsp3) is 0.455. The van der Waals surface area contributed by atoms with Crippen molar-refractivity contribution in [3.63, 3.8) is 0 Å². The minimum Gasteiger partial charge on any atom is -0.331 e. The number of aryl methyl sites for hydroxylation is 2. The van der Waals surface area contributed by atoms with Gasteiger partial charge in [-0.2, -0.15) is 5.10 Å². The second-order valence-electron chi connectivity index (χ2n) is 7.93. The van der Waals surface area contributed by atoms with Crippen LogP contribution in [0.3, 0.4) is 0 Å². The van der Waals surface area contributed by atoms with E-state index in [9.17, 15) is 9.59 Å². The van der Waals surface area contributed by atoms with Gasteiger partial charge in [-0.3, -0.25) is 14.3 Å². The number of hydrogen-bond donors (Lipinski definition) is 1. The number of anilines is 1. The summed E-state index contributed by atoms with van der Waals surface area (Å²) in [5, 5.41) is 7.36. The molecule has 1 aromatic carbocycles. The summed E-state index contributed by atoms with van der Waals surface area (Å²) in [6.45, 7) is 7.96. The van der Waals surface area contributed by atoms with Gasteiger partial charge < -0.3 is 14.8 Å². The van der Waals surface area contributed by atoms with Gasteiger partial charge >= 0.3 is 0 Å². The Hall–Kier alpha value is -3.16. The molecule has 4 rings (SSSR count). The summed E-state index contributed by atoms with van der Waals surface area (Å²) in [6.07, 6.45) is 5.99. The number of carbonyl (C=O) groups excluding carboxylic acids is 2. The van der Waals surface area contributed by atoms with Crippen molar-refractivity contribution in [2.24, 2.45) is 0 Å². The van der Waals surface area contributed by atoms with Crippen LogP contribution in [0.15, 0.2) is 36.8 Å². The molecule has 8 heteroatoms. The minimum atomic E-state index is -0.928. The Morgan fingerprint density at radius 2 is 2.00 bits per heavy atom. The van der Waals surface area contributed by atoms with Crippen molar-refractivity contribution < 1.29 is 9.59 Å². The highest BCUT2D eigenvalue weighted by Crippen LogP contribution is 2.31. The number of benzene rings is 1. The first-order valence-electron chi connectivity index (χ1n) is 10.6. The van der Waals surface area contributed by atoms with Crippen molar-refractivity contribution in [1.82, 2.24) is 24.2 Å². The number of likely N-dealkylation sites (tertiary alicyclic amines) is 1. The molecule has 1 atom stereocenters. The third-order valence-corrected chi connectivity index (χ3v) is 6.03. The number of piperidine rings is 1. The molecule has 1 aliphatic heterocycles. The molecule has 30 heavy (non-hydrogen) atoms. The fourth-order valence-corrected chi connectivity index (χ4v) is 4.13. The first-order valence-corrected chi connectivity index (χ1v) is 10.6. The van der Waals surface area contributed by atoms with E-state index >= 15 is 0 Å². The molecule has 3 aromatic rings. The fourth-order valence-electron chi connectivity index (χ4n) is 4.13. The molecule has 0 saturated carbocycles. The van der Waals surface area contributed by atoms with Crippen molar-refractivity contribution in [1.29, 1.82) is 0 Å². The normalized spacial score (nSPS) is 19.2. The summed E-state index contributed by atoms with van der Waals surface area (Å²) in [5.74, 6) is -0.378. The highest BCUT2D eigenvalue weighted by Gasteiger charge is 2.44. The summed E-state index contributed by atoms with van der Waals surface area (Å²) in [6, 6.07) is 7.44. The molecule has 2 aromatic heterocycles. The third kappa shape index (κ3) is 3.46. The molecule has 1 N–H and O–H groups in total. The van der Waals surface area contributed by atoms with Gasteiger partial charge in [0.2, 0.25) is 5.91 Å². The predicted molar refractivity (Wildman–Crippen MR) is 115 cm³/mol. The maximum Gasteiger partial charge on any atom is 0.275 e. The first kappa shape index (κ1) is 20.1. The SMILES string of the molecule is CCn1ccc(C(=O)N2CCCCC2(C)C(=O)Nc2ccc3c(c2)ncn3CC)n1. The Bertz CT molecular complexity index is 1080. The Morgan fingerprint density at radius 1 is 1.17 bits per heavy atom. The lowest BCUT2D eigenvalue weighted by Gasteiger charge is -2.43. The van der Waals surface area contributed by atoms with Gasteiger partial charge in [-0.05, 0) is 64.3 Å². The number of amides is 2. The maximum atomic E-state index is 13.3. The summed E-state index contributed by atoms with van der Waals surface area (Å²) >= 11 is 0. The standard InChI is InChI=1S/C22H28N6O2/c1-4-26-15-23-18-14-16(8-9-19(18)26)24-21(30)22(3)11-6-7-12-28(22)20(29)17-10-13-27(5-2)25-17/h8-10,13-15H,4-7,11-12H2,1-3H3,(H,24,30). The monoisotopic (exact) mass is 408 g/mol. The van der Waals surface area contributed by atoms with Crippen LogP contribution in [0.1, 0.15) is 50.5 Å². The Labute approximate surface area is 175 Å². The zero-order valence-corrected chi connectivity index (χ0v) is 17.8. The molecular formula is C22H28N6O2. The van der Waals surface area contributed by atoms with Crippen LogP contribution in [0.2, 0.25) is 0 Å². The van der Waals surface area contributed by atoms with Crippen LogP contribution < -0.4 is 5.32 Å². The molecule has 0 radical (unpaired) electrons. The lowest BCUT2D eigenvalue weighted by atomic mass is 9.87. The molecule has 2 amide bonds. The van der Waals surface area contributed by atoms with Gasteiger partial charge in [0.1, 0.15) is 11.2 Å². The van der Waals surface area contributed by atoms with E-state index in [0.29, 0.717) is 30.9 Å². The quantitative estimate of drug-likeness (QED) is 0.702. The largest absolute Gasteiger partial charge is 0.331 e. The zero-order valence-electron chi connectivity index (χ0n) is 17.8. The molecule has 8 nitrogen and oxygen atoms in total. The Morgan fingerprint density at radius 3 is 2.73 bits per heavy atom. The maximum absolute atomic E-state index is 13.3. The molecule has 1 unspecified atom stereocenters. The summed E-state index contributed by atoms with van der Waals surface area (Å²) in [5.41, 5.74) is 2.00. The van der Waals surface area contributed by atoms with Crippen LogP contribution in [0.5, 0.6) is 0 Å². The van der Waals surface area contributed by atoms with E-state index < -0.39 is 5.54 Å². The van der Waals surface area contributed by atoms with Gasteiger partial charge in [-0.15, -0.1) is 0 Å². The lowest BCUT2D eigenvalue weighted by molar-refractivity contribution is -0.127. The summed E-state index contributed by atoms with van der Waals surface area (Å²) < 4.78 is 3.78. The second kappa shape index (κ2) is 7.93. The van der Waals surface area contributed by atoms with E-state index in [2.05, 4.69) is 26.9 Å². The molecule has 1 fully saturated rings. The van der Waals surface area contributed by atoms with Gasteiger partial charge in [0.25, 0.3) is 5.91 Å². The van der Waals surface area contributed by atoms with Gasteiger partial charge in [-0.1, -0.05) is 0 Å². The van der Waals surface area contributed by atoms with Crippen LogP contribution in [-0.4, -0.2) is 48.1 Å². The van der Waals surface area contributed by atoms with Crippen LogP contribution in [0, 0.1) is 0 Å². The first-order chi connectivity index (χ1) is 14.5. The van der Waals surface area contributed by atoms with E-state index in [0.717, 1.165) is 30.4 Å². The number of nitrogens with one attached hydrogen (secondary N) is 1. The van der Waals surface area contributed by atoms with Crippen LogP contribution in [0.4, 0.5) is 5.69 Å². The summed E-state index contributed by atoms with van der Waals surface area (Å²) in [4.78, 5) is 32.6. The number of aromatic nitrogens is 4. The second-order valence-corrected chi connectivity index (χ2v) is 7.93. The van der Waals surface area contributed by atoms with Crippen molar-refractivity contribution in [2.75, 3.05) is 11.9 Å². The number of carbonyl (C=O) groups is 2. The molecule has 0 spiro atoms. The molecule has 158 valence electrons. The van der Waals surface area contributed by atoms with E-state index in [1.54, 1.807) is 28.2 Å². The lowest BCUT2D eigenvalue weighted by Crippen LogP contribution is -2.59. The predicted octanol–water partition coefficient (Wildman–Crippen LogP) is 3.30. The average molecular weight is 409 g/mol. The number of nitrogens with zero attached hydrogens (tertiary/aromatic N) is 5. The molecule has 0 aliphatic carbocycles. The third-order valence-electron chi connectivity index (χ3n) is 6.03. The molecular weight excluding hydrogens is 380 g/mol.